The Bertz CT molecular complexity index is 1150. The first-order chi connectivity index (χ1) is 20.1. The molecule has 0 radical (unpaired) electrons. The largest absolute Gasteiger partial charge is 0.298 e. The van der Waals surface area contributed by atoms with Crippen LogP contribution >= 0.6 is 0 Å². The molecule has 42 heavy (non-hydrogen) atoms. The van der Waals surface area contributed by atoms with Gasteiger partial charge in [0.25, 0.3) is 0 Å². The number of piperidine rings is 1. The maximum atomic E-state index is 15.7. The minimum atomic E-state index is -0.136. The number of halogens is 2. The first-order valence-corrected chi connectivity index (χ1v) is 16.7. The molecule has 4 rings (SSSR count). The number of allylic oxidation sites excluding steroid dienone is 1. The standard InChI is InChI=1S/C38H55F2NO/c1-7-9-11-12-13-23-42-41-37(3,4)26-32(27-38(41,5)6)31-20-22-34(36(40)25-31)30-18-16-29(17-19-30)33-21-15-28(14-10-8-2)24-35(33)39/h8,15,20-22,24-25,29-30,32H,2,7,9-14,16-19,23,26-27H2,1,3-6H3. The van der Waals surface area contributed by atoms with Crippen LogP contribution in [0, 0.1) is 11.6 Å². The molecule has 1 saturated heterocycles. The molecule has 0 bridgehead atoms. The number of aryl methyl sites for hydroxylation is 1. The van der Waals surface area contributed by atoms with Crippen molar-refractivity contribution in [1.82, 2.24) is 5.06 Å². The summed E-state index contributed by atoms with van der Waals surface area (Å²) in [6.45, 7) is 15.8. The van der Waals surface area contributed by atoms with Crippen LogP contribution in [0.5, 0.6) is 0 Å². The lowest BCUT2D eigenvalue weighted by Gasteiger charge is -2.54. The zero-order chi connectivity index (χ0) is 30.3. The molecule has 1 aliphatic carbocycles. The van der Waals surface area contributed by atoms with E-state index in [-0.39, 0.29) is 40.5 Å². The molecule has 0 atom stereocenters. The first-order valence-electron chi connectivity index (χ1n) is 16.7. The Balaban J connectivity index is 1.35. The lowest BCUT2D eigenvalue weighted by molar-refractivity contribution is -0.283. The molecule has 0 amide bonds. The summed E-state index contributed by atoms with van der Waals surface area (Å²) in [5.41, 5.74) is 3.51. The molecule has 0 spiro atoms. The molecule has 1 aliphatic heterocycles. The average Bonchev–Trinajstić information content (AvgIpc) is 2.94. The molecular weight excluding hydrogens is 524 g/mol. The fraction of sp³-hybridized carbons (Fsp3) is 0.632. The monoisotopic (exact) mass is 579 g/mol. The molecule has 2 aromatic carbocycles. The molecule has 2 fully saturated rings. The van der Waals surface area contributed by atoms with Gasteiger partial charge in [0.15, 0.2) is 0 Å². The SMILES string of the molecule is C=CCCc1ccc(C2CCC(c3ccc(C4CC(C)(C)N(OCCCCCCC)C(C)(C)C4)cc3F)CC2)c(F)c1. The summed E-state index contributed by atoms with van der Waals surface area (Å²) in [5, 5.41) is 2.23. The van der Waals surface area contributed by atoms with Gasteiger partial charge in [-0.25, -0.2) is 8.78 Å². The van der Waals surface area contributed by atoms with Crippen LogP contribution in [0.1, 0.15) is 152 Å². The number of hydrogen-bond donors (Lipinski definition) is 0. The molecule has 0 aromatic heterocycles. The van der Waals surface area contributed by atoms with Gasteiger partial charge in [-0.2, -0.15) is 5.06 Å². The number of nitrogens with zero attached hydrogens (tertiary/aromatic N) is 1. The Morgan fingerprint density at radius 1 is 0.810 bits per heavy atom. The minimum absolute atomic E-state index is 0.0740. The summed E-state index contributed by atoms with van der Waals surface area (Å²) in [4.78, 5) is 6.40. The van der Waals surface area contributed by atoms with E-state index in [1.807, 2.05) is 24.3 Å². The number of rotatable bonds is 13. The first kappa shape index (κ1) is 32.9. The van der Waals surface area contributed by atoms with Gasteiger partial charge < -0.3 is 0 Å². The number of hydroxylamine groups is 2. The number of unbranched alkanes of at least 4 members (excludes halogenated alkanes) is 4. The molecule has 4 heteroatoms. The van der Waals surface area contributed by atoms with Crippen molar-refractivity contribution in [1.29, 1.82) is 0 Å². The van der Waals surface area contributed by atoms with Gasteiger partial charge in [0.05, 0.1) is 6.61 Å². The van der Waals surface area contributed by atoms with Gasteiger partial charge in [-0.05, 0) is 138 Å². The molecule has 2 aliphatic rings. The highest BCUT2D eigenvalue weighted by molar-refractivity contribution is 5.32. The van der Waals surface area contributed by atoms with Crippen LogP contribution in [0.25, 0.3) is 0 Å². The summed E-state index contributed by atoms with van der Waals surface area (Å²) in [5.74, 6) is 0.534. The highest BCUT2D eigenvalue weighted by atomic mass is 19.1. The van der Waals surface area contributed by atoms with Crippen molar-refractivity contribution in [2.45, 2.75) is 147 Å². The van der Waals surface area contributed by atoms with Crippen molar-refractivity contribution in [2.75, 3.05) is 6.61 Å². The zero-order valence-corrected chi connectivity index (χ0v) is 27.0. The normalized spacial score (nSPS) is 22.7. The third-order valence-corrected chi connectivity index (χ3v) is 9.86. The van der Waals surface area contributed by atoms with Crippen LogP contribution in [0.4, 0.5) is 8.78 Å². The van der Waals surface area contributed by atoms with Crippen molar-refractivity contribution >= 4 is 0 Å². The Morgan fingerprint density at radius 3 is 1.93 bits per heavy atom. The lowest BCUT2D eigenvalue weighted by atomic mass is 9.72. The fourth-order valence-corrected chi connectivity index (χ4v) is 7.88. The van der Waals surface area contributed by atoms with E-state index < -0.39 is 0 Å². The van der Waals surface area contributed by atoms with Crippen molar-refractivity contribution in [3.8, 4) is 0 Å². The van der Waals surface area contributed by atoms with Gasteiger partial charge in [-0.1, -0.05) is 62.9 Å². The van der Waals surface area contributed by atoms with E-state index >= 15 is 4.39 Å². The summed E-state index contributed by atoms with van der Waals surface area (Å²) in [7, 11) is 0. The quantitative estimate of drug-likeness (QED) is 0.173. The van der Waals surface area contributed by atoms with Gasteiger partial charge in [0.1, 0.15) is 11.6 Å². The summed E-state index contributed by atoms with van der Waals surface area (Å²) >= 11 is 0. The molecule has 1 heterocycles. The van der Waals surface area contributed by atoms with Crippen molar-refractivity contribution in [3.05, 3.63) is 82.9 Å². The molecule has 0 unspecified atom stereocenters. The minimum Gasteiger partial charge on any atom is -0.298 e. The molecule has 2 nitrogen and oxygen atoms in total. The van der Waals surface area contributed by atoms with Crippen LogP contribution < -0.4 is 0 Å². The van der Waals surface area contributed by atoms with E-state index in [1.54, 1.807) is 6.07 Å². The summed E-state index contributed by atoms with van der Waals surface area (Å²) < 4.78 is 30.6. The van der Waals surface area contributed by atoms with Gasteiger partial charge in [-0.3, -0.25) is 4.84 Å². The predicted octanol–water partition coefficient (Wildman–Crippen LogP) is 11.2. The second-order valence-corrected chi connectivity index (χ2v) is 14.3. The number of benzene rings is 2. The van der Waals surface area contributed by atoms with Gasteiger partial charge >= 0.3 is 0 Å². The van der Waals surface area contributed by atoms with Gasteiger partial charge in [0, 0.05) is 11.1 Å². The van der Waals surface area contributed by atoms with E-state index in [2.05, 4.69) is 58.4 Å². The van der Waals surface area contributed by atoms with Crippen molar-refractivity contribution < 1.29 is 13.6 Å². The highest BCUT2D eigenvalue weighted by Crippen LogP contribution is 2.47. The zero-order valence-electron chi connectivity index (χ0n) is 27.0. The smallest absolute Gasteiger partial charge is 0.126 e. The van der Waals surface area contributed by atoms with Crippen molar-refractivity contribution in [3.63, 3.8) is 0 Å². The Labute approximate surface area is 254 Å². The van der Waals surface area contributed by atoms with E-state index in [0.717, 1.165) is 86.6 Å². The molecule has 0 N–H and O–H groups in total. The second kappa shape index (κ2) is 14.6. The molecular formula is C38H55F2NO. The third-order valence-electron chi connectivity index (χ3n) is 9.86. The van der Waals surface area contributed by atoms with Crippen molar-refractivity contribution in [2.24, 2.45) is 0 Å². The van der Waals surface area contributed by atoms with E-state index in [4.69, 9.17) is 4.84 Å². The van der Waals surface area contributed by atoms with Crippen LogP contribution in [0.3, 0.4) is 0 Å². The topological polar surface area (TPSA) is 12.5 Å². The average molecular weight is 580 g/mol. The van der Waals surface area contributed by atoms with Gasteiger partial charge in [-0.15, -0.1) is 6.58 Å². The maximum Gasteiger partial charge on any atom is 0.126 e. The Morgan fingerprint density at radius 2 is 1.38 bits per heavy atom. The Hall–Kier alpha value is -2.04. The van der Waals surface area contributed by atoms with E-state index in [1.165, 1.54) is 25.7 Å². The van der Waals surface area contributed by atoms with Crippen LogP contribution in [0.15, 0.2) is 49.1 Å². The number of hydrogen-bond acceptors (Lipinski definition) is 2. The van der Waals surface area contributed by atoms with E-state index in [9.17, 15) is 4.39 Å². The second-order valence-electron chi connectivity index (χ2n) is 14.3. The third kappa shape index (κ3) is 8.11. The van der Waals surface area contributed by atoms with E-state index in [0.29, 0.717) is 0 Å². The maximum absolute atomic E-state index is 15.7. The fourth-order valence-electron chi connectivity index (χ4n) is 7.88. The van der Waals surface area contributed by atoms with Crippen LogP contribution in [-0.2, 0) is 11.3 Å². The van der Waals surface area contributed by atoms with Gasteiger partial charge in [0.2, 0.25) is 0 Å². The molecule has 232 valence electrons. The molecule has 1 saturated carbocycles. The molecule has 2 aromatic rings. The predicted molar refractivity (Wildman–Crippen MR) is 172 cm³/mol. The summed E-state index contributed by atoms with van der Waals surface area (Å²) in [6.07, 6.45) is 15.2. The Kier molecular flexibility index (Phi) is 11.4. The lowest BCUT2D eigenvalue weighted by Crippen LogP contribution is -2.59. The summed E-state index contributed by atoms with van der Waals surface area (Å²) in [6, 6.07) is 11.7. The van der Waals surface area contributed by atoms with Crippen LogP contribution in [0.2, 0.25) is 0 Å². The highest BCUT2D eigenvalue weighted by Gasteiger charge is 2.47. The van der Waals surface area contributed by atoms with Crippen LogP contribution in [-0.4, -0.2) is 22.7 Å².